The number of aromatic nitrogens is 4. The van der Waals surface area contributed by atoms with Gasteiger partial charge in [-0.3, -0.25) is 0 Å². The number of aryl methyl sites for hydroxylation is 2. The topological polar surface area (TPSA) is 123 Å². The van der Waals surface area contributed by atoms with E-state index in [0.29, 0.717) is 49.2 Å². The van der Waals surface area contributed by atoms with Crippen molar-refractivity contribution in [2.75, 3.05) is 13.2 Å². The van der Waals surface area contributed by atoms with E-state index in [1.54, 1.807) is 34.3 Å². The average Bonchev–Trinajstić information content (AvgIpc) is 2.88. The summed E-state index contributed by atoms with van der Waals surface area (Å²) >= 11 is 0. The van der Waals surface area contributed by atoms with Crippen LogP contribution in [0.25, 0.3) is 0 Å². The third-order valence-electron chi connectivity index (χ3n) is 5.83. The van der Waals surface area contributed by atoms with Crippen molar-refractivity contribution in [2.24, 2.45) is 9.98 Å². The Morgan fingerprint density at radius 1 is 0.778 bits per heavy atom. The minimum Gasteiger partial charge on any atom is -0.396 e. The van der Waals surface area contributed by atoms with Crippen LogP contribution < -0.4 is 0 Å². The molecule has 0 unspecified atom stereocenters. The van der Waals surface area contributed by atoms with Crippen molar-refractivity contribution in [3.05, 3.63) is 56.4 Å². The van der Waals surface area contributed by atoms with Gasteiger partial charge in [0.2, 0.25) is 0 Å². The van der Waals surface area contributed by atoms with Gasteiger partial charge in [0.15, 0.2) is 11.6 Å². The smallest absolute Gasteiger partial charge is 0.162 e. The highest BCUT2D eigenvalue weighted by molar-refractivity contribution is 8.79. The van der Waals surface area contributed by atoms with Gasteiger partial charge in [-0.1, -0.05) is 21.6 Å². The summed E-state index contributed by atoms with van der Waals surface area (Å²) in [6, 6.07) is 0. The Morgan fingerprint density at radius 2 is 1.19 bits per heavy atom. The van der Waals surface area contributed by atoms with Crippen LogP contribution in [-0.2, 0) is 13.1 Å². The Bertz CT molecular complexity index is 1150. The van der Waals surface area contributed by atoms with Crippen molar-refractivity contribution in [3.8, 4) is 0 Å². The Balaban J connectivity index is 1.52. The molecule has 0 radical (unpaired) electrons. The van der Waals surface area contributed by atoms with Gasteiger partial charge < -0.3 is 20.0 Å². The number of hydrogen-bond acceptors (Lipinski definition) is 12. The molecule has 2 aliphatic heterocycles. The fourth-order valence-electron chi connectivity index (χ4n) is 3.71. The second-order valence-electron chi connectivity index (χ2n) is 8.41. The zero-order chi connectivity index (χ0) is 25.7. The quantitative estimate of drug-likeness (QED) is 0.461. The molecule has 0 saturated carbocycles. The first-order valence-electron chi connectivity index (χ1n) is 11.6. The summed E-state index contributed by atoms with van der Waals surface area (Å²) in [5.74, 6) is 2.80. The number of aliphatic hydroxyl groups is 2. The molecule has 0 amide bonds. The first-order valence-corrected chi connectivity index (χ1v) is 13.8. The molecule has 0 spiro atoms. The Morgan fingerprint density at radius 3 is 1.58 bits per heavy atom. The van der Waals surface area contributed by atoms with Crippen LogP contribution in [0.15, 0.2) is 43.6 Å². The van der Waals surface area contributed by atoms with Gasteiger partial charge in [0.1, 0.15) is 11.6 Å². The molecule has 2 aliphatic rings. The molecule has 12 heteroatoms. The van der Waals surface area contributed by atoms with Crippen LogP contribution in [0.1, 0.15) is 49.5 Å². The maximum absolute atomic E-state index is 9.75. The number of rotatable bonds is 9. The Hall–Kier alpha value is -2.80. The van der Waals surface area contributed by atoms with Gasteiger partial charge in [0, 0.05) is 70.8 Å². The number of aliphatic imine (C=N–C) groups is 2. The minimum atomic E-state index is 0.0388. The molecule has 2 N–H and O–H groups in total. The van der Waals surface area contributed by atoms with E-state index in [9.17, 15) is 10.2 Å². The maximum Gasteiger partial charge on any atom is 0.162 e. The zero-order valence-electron chi connectivity index (χ0n) is 20.8. The van der Waals surface area contributed by atoms with Gasteiger partial charge in [-0.15, -0.1) is 0 Å². The van der Waals surface area contributed by atoms with Crippen molar-refractivity contribution >= 4 is 45.9 Å². The van der Waals surface area contributed by atoms with E-state index in [1.807, 2.05) is 40.1 Å². The largest absolute Gasteiger partial charge is 0.396 e. The molecule has 0 aromatic carbocycles. The first-order chi connectivity index (χ1) is 17.4. The summed E-state index contributed by atoms with van der Waals surface area (Å²) in [6.07, 6.45) is 8.25. The summed E-state index contributed by atoms with van der Waals surface area (Å²) in [5, 5.41) is 19.5. The second-order valence-corrected chi connectivity index (χ2v) is 10.7. The summed E-state index contributed by atoms with van der Waals surface area (Å²) in [4.78, 5) is 32.6. The number of nitrogens with zero attached hydrogens (tertiary/aromatic N) is 8. The standard InChI is InChI=1S/C24H30N8O2S2/c1-15(31-11-19-9-25-17(3)29-23(19)27-13-31)21(5-7-33)35-36-22(6-8-34)16(2)32-12-20-10-26-18(4)30-24(20)28-14-32/h9-10,13-14,33-34H,5-8,11-12H2,1-4H3. The van der Waals surface area contributed by atoms with Crippen LogP contribution in [0.3, 0.4) is 0 Å². The zero-order valence-corrected chi connectivity index (χ0v) is 22.5. The van der Waals surface area contributed by atoms with Crippen molar-refractivity contribution in [3.63, 3.8) is 0 Å². The molecular weight excluding hydrogens is 496 g/mol. The normalized spacial score (nSPS) is 15.9. The van der Waals surface area contributed by atoms with E-state index >= 15 is 0 Å². The molecule has 0 bridgehead atoms. The second kappa shape index (κ2) is 12.0. The fraction of sp³-hybridized carbons (Fsp3) is 0.417. The van der Waals surface area contributed by atoms with Crippen LogP contribution in [0.4, 0.5) is 11.6 Å². The molecule has 4 rings (SSSR count). The number of allylic oxidation sites excluding steroid dienone is 2. The van der Waals surface area contributed by atoms with E-state index in [4.69, 9.17) is 0 Å². The highest BCUT2D eigenvalue weighted by atomic mass is 33.1. The lowest BCUT2D eigenvalue weighted by Gasteiger charge is -2.27. The van der Waals surface area contributed by atoms with Crippen LogP contribution in [0.5, 0.6) is 0 Å². The van der Waals surface area contributed by atoms with Crippen LogP contribution in [0.2, 0.25) is 0 Å². The lowest BCUT2D eigenvalue weighted by molar-refractivity contribution is 0.300. The fourth-order valence-corrected chi connectivity index (χ4v) is 6.56. The molecule has 2 aromatic heterocycles. The van der Waals surface area contributed by atoms with E-state index in [-0.39, 0.29) is 13.2 Å². The highest BCUT2D eigenvalue weighted by Gasteiger charge is 2.20. The number of aliphatic hydroxyl groups excluding tert-OH is 2. The Labute approximate surface area is 218 Å². The molecule has 0 aliphatic carbocycles. The average molecular weight is 527 g/mol. The van der Waals surface area contributed by atoms with Gasteiger partial charge in [0.25, 0.3) is 0 Å². The molecule has 10 nitrogen and oxygen atoms in total. The van der Waals surface area contributed by atoms with E-state index in [0.717, 1.165) is 32.3 Å². The third-order valence-corrected chi connectivity index (χ3v) is 8.78. The lowest BCUT2D eigenvalue weighted by atomic mass is 10.2. The minimum absolute atomic E-state index is 0.0388. The predicted octanol–water partition coefficient (Wildman–Crippen LogP) is 4.14. The van der Waals surface area contributed by atoms with Gasteiger partial charge >= 0.3 is 0 Å². The predicted molar refractivity (Wildman–Crippen MR) is 145 cm³/mol. The molecule has 36 heavy (non-hydrogen) atoms. The summed E-state index contributed by atoms with van der Waals surface area (Å²) in [7, 11) is 3.19. The molecule has 0 atom stereocenters. The number of hydrogen-bond donors (Lipinski definition) is 2. The van der Waals surface area contributed by atoms with Gasteiger partial charge in [-0.2, -0.15) is 0 Å². The molecule has 4 heterocycles. The highest BCUT2D eigenvalue weighted by Crippen LogP contribution is 2.43. The van der Waals surface area contributed by atoms with Crippen LogP contribution in [0, 0.1) is 13.8 Å². The van der Waals surface area contributed by atoms with E-state index < -0.39 is 0 Å². The molecule has 0 fully saturated rings. The molecular formula is C24H30N8O2S2. The van der Waals surface area contributed by atoms with Gasteiger partial charge in [-0.25, -0.2) is 29.9 Å². The van der Waals surface area contributed by atoms with Crippen molar-refractivity contribution in [2.45, 2.75) is 53.6 Å². The summed E-state index contributed by atoms with van der Waals surface area (Å²) in [5.41, 5.74) is 3.95. The molecule has 2 aromatic rings. The van der Waals surface area contributed by atoms with Gasteiger partial charge in [0.05, 0.1) is 25.8 Å². The molecule has 0 saturated heterocycles. The van der Waals surface area contributed by atoms with Crippen LogP contribution in [-0.4, -0.2) is 65.8 Å². The van der Waals surface area contributed by atoms with E-state index in [2.05, 4.69) is 39.7 Å². The van der Waals surface area contributed by atoms with E-state index in [1.165, 1.54) is 0 Å². The lowest BCUT2D eigenvalue weighted by Crippen LogP contribution is -2.24. The summed E-state index contributed by atoms with van der Waals surface area (Å²) in [6.45, 7) is 9.08. The third kappa shape index (κ3) is 6.12. The summed E-state index contributed by atoms with van der Waals surface area (Å²) < 4.78 is 0. The monoisotopic (exact) mass is 526 g/mol. The van der Waals surface area contributed by atoms with Crippen LogP contribution >= 0.6 is 21.6 Å². The SMILES string of the molecule is CC(=C(CCO)SSC(CCO)=C(C)N1C=Nc2nc(C)ncc2C1)N1C=Nc2nc(C)ncc2C1. The molecule has 190 valence electrons. The number of fused-ring (bicyclic) bond motifs is 2. The maximum atomic E-state index is 9.75. The van der Waals surface area contributed by atoms with Crippen molar-refractivity contribution < 1.29 is 10.2 Å². The van der Waals surface area contributed by atoms with Gasteiger partial charge in [-0.05, 0) is 27.7 Å². The van der Waals surface area contributed by atoms with Crippen molar-refractivity contribution in [1.29, 1.82) is 0 Å². The Kier molecular flexibility index (Phi) is 8.72. The first kappa shape index (κ1) is 26.3. The van der Waals surface area contributed by atoms with Crippen molar-refractivity contribution in [1.82, 2.24) is 29.7 Å².